The van der Waals surface area contributed by atoms with Crippen LogP contribution in [0.25, 0.3) is 0 Å². The first-order valence-corrected chi connectivity index (χ1v) is 8.30. The number of rotatable bonds is 4. The molecule has 0 radical (unpaired) electrons. The molecule has 0 saturated carbocycles. The second-order valence-electron chi connectivity index (χ2n) is 5.25. The van der Waals surface area contributed by atoms with Crippen LogP contribution in [0.4, 0.5) is 0 Å². The van der Waals surface area contributed by atoms with Crippen molar-refractivity contribution in [3.8, 4) is 0 Å². The summed E-state index contributed by atoms with van der Waals surface area (Å²) in [4.78, 5) is 25.9. The molecule has 1 fully saturated rings. The first kappa shape index (κ1) is 15.1. The Labute approximate surface area is 137 Å². The molecule has 3 rings (SSSR count). The summed E-state index contributed by atoms with van der Waals surface area (Å²) in [7, 11) is 0. The van der Waals surface area contributed by atoms with E-state index in [4.69, 9.17) is 11.6 Å². The van der Waals surface area contributed by atoms with Crippen molar-refractivity contribution in [2.45, 2.75) is 19.0 Å². The van der Waals surface area contributed by atoms with Crippen LogP contribution in [0.1, 0.15) is 22.3 Å². The van der Waals surface area contributed by atoms with E-state index in [1.807, 2.05) is 29.6 Å². The van der Waals surface area contributed by atoms with Gasteiger partial charge >= 0.3 is 0 Å². The standard InChI is InChI=1S/C16H15ClN2O2S/c17-14-4-2-1-3-11(14)8-19-9-13(7-15(19)20)18-16(21)12-5-6-22-10-12/h1-6,10,13H,7-9H2,(H,18,21)/t13-/m0/s1. The van der Waals surface area contributed by atoms with E-state index in [0.29, 0.717) is 30.1 Å². The first-order valence-electron chi connectivity index (χ1n) is 6.98. The molecule has 1 aliphatic heterocycles. The third-order valence-electron chi connectivity index (χ3n) is 3.65. The average Bonchev–Trinajstić information content (AvgIpc) is 3.12. The topological polar surface area (TPSA) is 49.4 Å². The maximum absolute atomic E-state index is 12.1. The highest BCUT2D eigenvalue weighted by atomic mass is 35.5. The Morgan fingerprint density at radius 2 is 2.18 bits per heavy atom. The molecular weight excluding hydrogens is 320 g/mol. The van der Waals surface area contributed by atoms with Gasteiger partial charge in [0.2, 0.25) is 5.91 Å². The summed E-state index contributed by atoms with van der Waals surface area (Å²) in [6.07, 6.45) is 0.334. The lowest BCUT2D eigenvalue weighted by molar-refractivity contribution is -0.128. The zero-order valence-electron chi connectivity index (χ0n) is 11.8. The highest BCUT2D eigenvalue weighted by Gasteiger charge is 2.31. The second kappa shape index (κ2) is 6.50. The van der Waals surface area contributed by atoms with Crippen LogP contribution in [0.3, 0.4) is 0 Å². The highest BCUT2D eigenvalue weighted by molar-refractivity contribution is 7.08. The number of hydrogen-bond donors (Lipinski definition) is 1. The van der Waals surface area contributed by atoms with Crippen LogP contribution in [0, 0.1) is 0 Å². The molecule has 0 aliphatic carbocycles. The number of hydrogen-bond acceptors (Lipinski definition) is 3. The molecule has 0 spiro atoms. The van der Waals surface area contributed by atoms with Crippen molar-refractivity contribution in [1.29, 1.82) is 0 Å². The van der Waals surface area contributed by atoms with Crippen molar-refractivity contribution in [3.63, 3.8) is 0 Å². The summed E-state index contributed by atoms with van der Waals surface area (Å²) in [5.74, 6) is -0.0887. The summed E-state index contributed by atoms with van der Waals surface area (Å²) in [6, 6.07) is 9.11. The van der Waals surface area contributed by atoms with Crippen molar-refractivity contribution >= 4 is 34.8 Å². The molecule has 1 aromatic heterocycles. The summed E-state index contributed by atoms with van der Waals surface area (Å²) in [5, 5.41) is 7.23. The number of carbonyl (C=O) groups is 2. The minimum Gasteiger partial charge on any atom is -0.347 e. The van der Waals surface area contributed by atoms with Crippen LogP contribution in [0.5, 0.6) is 0 Å². The second-order valence-corrected chi connectivity index (χ2v) is 6.44. The molecule has 1 saturated heterocycles. The number of amides is 2. The normalized spacial score (nSPS) is 17.8. The van der Waals surface area contributed by atoms with E-state index in [-0.39, 0.29) is 17.9 Å². The largest absolute Gasteiger partial charge is 0.347 e. The predicted molar refractivity (Wildman–Crippen MR) is 87.1 cm³/mol. The number of nitrogens with one attached hydrogen (secondary N) is 1. The molecule has 0 unspecified atom stereocenters. The molecule has 2 heterocycles. The SMILES string of the molecule is O=C(N[C@H]1CC(=O)N(Cc2ccccc2Cl)C1)c1ccsc1. The number of likely N-dealkylation sites (tertiary alicyclic amines) is 1. The predicted octanol–water partition coefficient (Wildman–Crippen LogP) is 2.93. The molecule has 1 N–H and O–H groups in total. The average molecular weight is 335 g/mol. The van der Waals surface area contributed by atoms with Gasteiger partial charge in [-0.05, 0) is 23.1 Å². The molecular formula is C16H15ClN2O2S. The van der Waals surface area contributed by atoms with Gasteiger partial charge in [0.05, 0.1) is 6.04 Å². The third-order valence-corrected chi connectivity index (χ3v) is 4.70. The number of benzene rings is 1. The lowest BCUT2D eigenvalue weighted by atomic mass is 10.2. The molecule has 114 valence electrons. The number of halogens is 1. The molecule has 1 aromatic carbocycles. The minimum atomic E-state index is -0.151. The Hall–Kier alpha value is -1.85. The minimum absolute atomic E-state index is 0.0375. The Bertz CT molecular complexity index is 687. The summed E-state index contributed by atoms with van der Waals surface area (Å²) >= 11 is 7.61. The number of carbonyl (C=O) groups excluding carboxylic acids is 2. The van der Waals surface area contributed by atoms with E-state index in [0.717, 1.165) is 5.56 Å². The van der Waals surface area contributed by atoms with Crippen molar-refractivity contribution in [3.05, 3.63) is 57.2 Å². The van der Waals surface area contributed by atoms with Gasteiger partial charge in [0.25, 0.3) is 5.91 Å². The number of nitrogens with zero attached hydrogens (tertiary/aromatic N) is 1. The summed E-state index contributed by atoms with van der Waals surface area (Å²) in [6.45, 7) is 0.989. The van der Waals surface area contributed by atoms with E-state index >= 15 is 0 Å². The summed E-state index contributed by atoms with van der Waals surface area (Å²) < 4.78 is 0. The Morgan fingerprint density at radius 3 is 2.91 bits per heavy atom. The van der Waals surface area contributed by atoms with Gasteiger partial charge < -0.3 is 10.2 Å². The van der Waals surface area contributed by atoms with Crippen molar-refractivity contribution in [1.82, 2.24) is 10.2 Å². The molecule has 4 nitrogen and oxygen atoms in total. The van der Waals surface area contributed by atoms with Crippen LogP contribution < -0.4 is 5.32 Å². The van der Waals surface area contributed by atoms with Gasteiger partial charge in [-0.25, -0.2) is 0 Å². The van der Waals surface area contributed by atoms with E-state index in [2.05, 4.69) is 5.32 Å². The van der Waals surface area contributed by atoms with Gasteiger partial charge in [-0.15, -0.1) is 0 Å². The van der Waals surface area contributed by atoms with Crippen molar-refractivity contribution in [2.75, 3.05) is 6.54 Å². The maximum Gasteiger partial charge on any atom is 0.252 e. The smallest absolute Gasteiger partial charge is 0.252 e. The van der Waals surface area contributed by atoms with Crippen LogP contribution >= 0.6 is 22.9 Å². The van der Waals surface area contributed by atoms with Crippen LogP contribution in [0.15, 0.2) is 41.1 Å². The van der Waals surface area contributed by atoms with E-state index in [1.165, 1.54) is 11.3 Å². The fourth-order valence-electron chi connectivity index (χ4n) is 2.52. The highest BCUT2D eigenvalue weighted by Crippen LogP contribution is 2.21. The maximum atomic E-state index is 12.1. The van der Waals surface area contributed by atoms with Gasteiger partial charge in [-0.2, -0.15) is 11.3 Å². The Balaban J connectivity index is 1.61. The van der Waals surface area contributed by atoms with E-state index < -0.39 is 0 Å². The van der Waals surface area contributed by atoms with E-state index in [9.17, 15) is 9.59 Å². The lowest BCUT2D eigenvalue weighted by Crippen LogP contribution is -2.36. The third kappa shape index (κ3) is 3.31. The van der Waals surface area contributed by atoms with Crippen molar-refractivity contribution < 1.29 is 9.59 Å². The van der Waals surface area contributed by atoms with Gasteiger partial charge in [0, 0.05) is 35.5 Å². The van der Waals surface area contributed by atoms with Crippen LogP contribution in [-0.4, -0.2) is 29.3 Å². The Morgan fingerprint density at radius 1 is 1.36 bits per heavy atom. The molecule has 0 bridgehead atoms. The van der Waals surface area contributed by atoms with Gasteiger partial charge in [0.1, 0.15) is 0 Å². The quantitative estimate of drug-likeness (QED) is 0.934. The van der Waals surface area contributed by atoms with Gasteiger partial charge in [-0.3, -0.25) is 9.59 Å². The molecule has 1 atom stereocenters. The lowest BCUT2D eigenvalue weighted by Gasteiger charge is -2.17. The van der Waals surface area contributed by atoms with Gasteiger partial charge in [-0.1, -0.05) is 29.8 Å². The molecule has 1 aliphatic rings. The zero-order valence-corrected chi connectivity index (χ0v) is 13.4. The van der Waals surface area contributed by atoms with Gasteiger partial charge in [0.15, 0.2) is 0 Å². The van der Waals surface area contributed by atoms with E-state index in [1.54, 1.807) is 16.3 Å². The number of thiophene rings is 1. The molecule has 2 aromatic rings. The first-order chi connectivity index (χ1) is 10.6. The monoisotopic (exact) mass is 334 g/mol. The fourth-order valence-corrected chi connectivity index (χ4v) is 3.35. The zero-order chi connectivity index (χ0) is 15.5. The fraction of sp³-hybridized carbons (Fsp3) is 0.250. The van der Waals surface area contributed by atoms with Crippen LogP contribution in [-0.2, 0) is 11.3 Å². The Kier molecular flexibility index (Phi) is 4.45. The van der Waals surface area contributed by atoms with Crippen molar-refractivity contribution in [2.24, 2.45) is 0 Å². The summed E-state index contributed by atoms with van der Waals surface area (Å²) in [5.41, 5.74) is 1.56. The molecule has 22 heavy (non-hydrogen) atoms. The van der Waals surface area contributed by atoms with Crippen LogP contribution in [0.2, 0.25) is 5.02 Å². The molecule has 2 amide bonds. The molecule has 6 heteroatoms.